The van der Waals surface area contributed by atoms with Gasteiger partial charge in [0.05, 0.1) is 24.8 Å². The molecule has 4 heteroatoms. The molecular weight excluding hydrogens is 264 g/mol. The van der Waals surface area contributed by atoms with E-state index < -0.39 is 0 Å². The highest BCUT2D eigenvalue weighted by Crippen LogP contribution is 2.28. The van der Waals surface area contributed by atoms with Gasteiger partial charge in [0.15, 0.2) is 0 Å². The molecule has 0 unspecified atom stereocenters. The summed E-state index contributed by atoms with van der Waals surface area (Å²) in [7, 11) is 2.11. The van der Waals surface area contributed by atoms with Gasteiger partial charge in [-0.2, -0.15) is 5.26 Å². The van der Waals surface area contributed by atoms with Crippen molar-refractivity contribution in [3.05, 3.63) is 29.8 Å². The SMILES string of the molecule is CN(CCCOc1ccc(C#N)cc1)CCOCC1CC1. The number of nitriles is 1. The Kier molecular flexibility index (Phi) is 6.52. The van der Waals surface area contributed by atoms with Gasteiger partial charge in [-0.15, -0.1) is 0 Å². The second-order valence-electron chi connectivity index (χ2n) is 5.66. The Morgan fingerprint density at radius 2 is 1.95 bits per heavy atom. The Labute approximate surface area is 127 Å². The predicted octanol–water partition coefficient (Wildman–Crippen LogP) is 2.69. The van der Waals surface area contributed by atoms with Crippen molar-refractivity contribution in [3.8, 4) is 11.8 Å². The molecule has 0 N–H and O–H groups in total. The third kappa shape index (κ3) is 6.61. The number of benzene rings is 1. The summed E-state index contributed by atoms with van der Waals surface area (Å²) in [6.45, 7) is 4.44. The maximum atomic E-state index is 8.72. The van der Waals surface area contributed by atoms with Gasteiger partial charge in [0.1, 0.15) is 5.75 Å². The van der Waals surface area contributed by atoms with E-state index in [1.165, 1.54) is 12.8 Å². The van der Waals surface area contributed by atoms with Gasteiger partial charge >= 0.3 is 0 Å². The van der Waals surface area contributed by atoms with E-state index >= 15 is 0 Å². The second-order valence-corrected chi connectivity index (χ2v) is 5.66. The first-order chi connectivity index (χ1) is 10.3. The summed E-state index contributed by atoms with van der Waals surface area (Å²) in [6, 6.07) is 9.33. The van der Waals surface area contributed by atoms with Crippen LogP contribution in [0.4, 0.5) is 0 Å². The first kappa shape index (κ1) is 15.8. The minimum Gasteiger partial charge on any atom is -0.494 e. The lowest BCUT2D eigenvalue weighted by atomic mass is 10.2. The molecule has 1 aliphatic rings. The van der Waals surface area contributed by atoms with Crippen LogP contribution in [0.3, 0.4) is 0 Å². The molecular formula is C17H24N2O2. The fraction of sp³-hybridized carbons (Fsp3) is 0.588. The van der Waals surface area contributed by atoms with E-state index in [4.69, 9.17) is 14.7 Å². The monoisotopic (exact) mass is 288 g/mol. The van der Waals surface area contributed by atoms with E-state index in [9.17, 15) is 0 Å². The van der Waals surface area contributed by atoms with E-state index in [0.717, 1.165) is 44.4 Å². The van der Waals surface area contributed by atoms with Crippen molar-refractivity contribution in [2.75, 3.05) is 40.0 Å². The van der Waals surface area contributed by atoms with Crippen LogP contribution in [0, 0.1) is 17.2 Å². The van der Waals surface area contributed by atoms with E-state index in [1.807, 2.05) is 12.1 Å². The van der Waals surface area contributed by atoms with Crippen LogP contribution in [0.25, 0.3) is 0 Å². The summed E-state index contributed by atoms with van der Waals surface area (Å²) in [6.07, 6.45) is 3.68. The Morgan fingerprint density at radius 1 is 1.19 bits per heavy atom. The molecule has 1 aromatic rings. The molecule has 0 heterocycles. The molecule has 4 nitrogen and oxygen atoms in total. The average molecular weight is 288 g/mol. The predicted molar refractivity (Wildman–Crippen MR) is 82.3 cm³/mol. The zero-order valence-corrected chi connectivity index (χ0v) is 12.8. The number of hydrogen-bond donors (Lipinski definition) is 0. The Morgan fingerprint density at radius 3 is 2.62 bits per heavy atom. The highest BCUT2D eigenvalue weighted by Gasteiger charge is 2.20. The summed E-state index contributed by atoms with van der Waals surface area (Å²) >= 11 is 0. The quantitative estimate of drug-likeness (QED) is 0.621. The van der Waals surface area contributed by atoms with Crippen LogP contribution in [0.2, 0.25) is 0 Å². The van der Waals surface area contributed by atoms with Crippen LogP contribution >= 0.6 is 0 Å². The van der Waals surface area contributed by atoms with Crippen LogP contribution in [0.1, 0.15) is 24.8 Å². The average Bonchev–Trinajstić information content (AvgIpc) is 3.33. The van der Waals surface area contributed by atoms with Gasteiger partial charge in [-0.3, -0.25) is 0 Å². The van der Waals surface area contributed by atoms with Crippen LogP contribution in [0.15, 0.2) is 24.3 Å². The maximum Gasteiger partial charge on any atom is 0.119 e. The Balaban J connectivity index is 1.48. The van der Waals surface area contributed by atoms with Gasteiger partial charge in [-0.1, -0.05) is 0 Å². The number of nitrogens with zero attached hydrogens (tertiary/aromatic N) is 2. The van der Waals surface area contributed by atoms with E-state index in [2.05, 4.69) is 18.0 Å². The Bertz CT molecular complexity index is 449. The standard InChI is InChI=1S/C17H24N2O2/c1-19(10-12-20-14-16-3-4-16)9-2-11-21-17-7-5-15(13-18)6-8-17/h5-8,16H,2-4,9-12,14H2,1H3. The molecule has 0 saturated heterocycles. The van der Waals surface area contributed by atoms with E-state index in [1.54, 1.807) is 12.1 Å². The topological polar surface area (TPSA) is 45.5 Å². The normalized spacial score (nSPS) is 14.1. The smallest absolute Gasteiger partial charge is 0.119 e. The van der Waals surface area contributed by atoms with Crippen molar-refractivity contribution >= 4 is 0 Å². The highest BCUT2D eigenvalue weighted by molar-refractivity contribution is 5.34. The molecule has 114 valence electrons. The lowest BCUT2D eigenvalue weighted by Crippen LogP contribution is -2.25. The molecule has 0 aromatic heterocycles. The summed E-state index contributed by atoms with van der Waals surface area (Å²) in [5.41, 5.74) is 0.660. The fourth-order valence-electron chi connectivity index (χ4n) is 2.02. The van der Waals surface area contributed by atoms with Gasteiger partial charge in [0.25, 0.3) is 0 Å². The van der Waals surface area contributed by atoms with Crippen LogP contribution in [-0.2, 0) is 4.74 Å². The lowest BCUT2D eigenvalue weighted by Gasteiger charge is -2.16. The molecule has 0 spiro atoms. The fourth-order valence-corrected chi connectivity index (χ4v) is 2.02. The number of ether oxygens (including phenoxy) is 2. The number of likely N-dealkylation sites (N-methyl/N-ethyl adjacent to an activating group) is 1. The van der Waals surface area contributed by atoms with Crippen molar-refractivity contribution < 1.29 is 9.47 Å². The molecule has 0 aliphatic heterocycles. The second kappa shape index (κ2) is 8.66. The molecule has 1 saturated carbocycles. The molecule has 0 radical (unpaired) electrons. The van der Waals surface area contributed by atoms with Gasteiger partial charge in [-0.05, 0) is 56.5 Å². The molecule has 0 amide bonds. The summed E-state index contributed by atoms with van der Waals surface area (Å²) in [5.74, 6) is 1.67. The zero-order chi connectivity index (χ0) is 14.9. The molecule has 1 aliphatic carbocycles. The van der Waals surface area contributed by atoms with E-state index in [-0.39, 0.29) is 0 Å². The van der Waals surface area contributed by atoms with E-state index in [0.29, 0.717) is 12.2 Å². The van der Waals surface area contributed by atoms with Gasteiger partial charge in [0, 0.05) is 19.7 Å². The minimum absolute atomic E-state index is 0.660. The first-order valence-corrected chi connectivity index (χ1v) is 7.67. The van der Waals surface area contributed by atoms with Crippen molar-refractivity contribution in [2.24, 2.45) is 5.92 Å². The van der Waals surface area contributed by atoms with Gasteiger partial charge in [0.2, 0.25) is 0 Å². The maximum absolute atomic E-state index is 8.72. The number of rotatable bonds is 10. The highest BCUT2D eigenvalue weighted by atomic mass is 16.5. The molecule has 0 bridgehead atoms. The largest absolute Gasteiger partial charge is 0.494 e. The van der Waals surface area contributed by atoms with Gasteiger partial charge < -0.3 is 14.4 Å². The number of hydrogen-bond acceptors (Lipinski definition) is 4. The third-order valence-electron chi connectivity index (χ3n) is 3.60. The summed E-state index contributed by atoms with van der Waals surface area (Å²) in [5, 5.41) is 8.72. The van der Waals surface area contributed by atoms with Crippen LogP contribution in [0.5, 0.6) is 5.75 Å². The van der Waals surface area contributed by atoms with Crippen LogP contribution in [-0.4, -0.2) is 44.9 Å². The molecule has 21 heavy (non-hydrogen) atoms. The summed E-state index contributed by atoms with van der Waals surface area (Å²) < 4.78 is 11.3. The Hall–Kier alpha value is -1.57. The van der Waals surface area contributed by atoms with Crippen molar-refractivity contribution in [3.63, 3.8) is 0 Å². The zero-order valence-electron chi connectivity index (χ0n) is 12.8. The minimum atomic E-state index is 0.660. The molecule has 2 rings (SSSR count). The lowest BCUT2D eigenvalue weighted by molar-refractivity contribution is 0.102. The van der Waals surface area contributed by atoms with Gasteiger partial charge in [-0.25, -0.2) is 0 Å². The third-order valence-corrected chi connectivity index (χ3v) is 3.60. The molecule has 1 fully saturated rings. The first-order valence-electron chi connectivity index (χ1n) is 7.67. The van der Waals surface area contributed by atoms with Crippen molar-refractivity contribution in [2.45, 2.75) is 19.3 Å². The van der Waals surface area contributed by atoms with Crippen LogP contribution < -0.4 is 4.74 Å². The van der Waals surface area contributed by atoms with Crippen molar-refractivity contribution in [1.82, 2.24) is 4.90 Å². The molecule has 0 atom stereocenters. The summed E-state index contributed by atoms with van der Waals surface area (Å²) in [4.78, 5) is 2.27. The molecule has 1 aromatic carbocycles. The van der Waals surface area contributed by atoms with Crippen molar-refractivity contribution in [1.29, 1.82) is 5.26 Å².